The molecular weight excluding hydrogens is 376 g/mol. The molecule has 1 unspecified atom stereocenters. The summed E-state index contributed by atoms with van der Waals surface area (Å²) in [7, 11) is 0. The van der Waals surface area contributed by atoms with Crippen LogP contribution in [0.5, 0.6) is 0 Å². The highest BCUT2D eigenvalue weighted by Gasteiger charge is 2.10. The fourth-order valence-electron chi connectivity index (χ4n) is 3.45. The van der Waals surface area contributed by atoms with Crippen LogP contribution < -0.4 is 0 Å². The first-order valence-corrected chi connectivity index (χ1v) is 12.2. The van der Waals surface area contributed by atoms with Gasteiger partial charge in [-0.3, -0.25) is 0 Å². The van der Waals surface area contributed by atoms with Crippen molar-refractivity contribution < 1.29 is 5.11 Å². The average molecular weight is 427 g/mol. The molecule has 0 fully saturated rings. The van der Waals surface area contributed by atoms with Crippen LogP contribution in [0.25, 0.3) is 0 Å². The van der Waals surface area contributed by atoms with E-state index in [1.807, 2.05) is 0 Å². The molecule has 1 N–H and O–H groups in total. The Morgan fingerprint density at radius 1 is 0.613 bits per heavy atom. The molecule has 1 nitrogen and oxygen atoms in total. The molecule has 0 spiro atoms. The minimum absolute atomic E-state index is 0.177. The topological polar surface area (TPSA) is 20.2 Å². The number of hydrogen-bond donors (Lipinski definition) is 1. The Morgan fingerprint density at radius 2 is 1.00 bits per heavy atom. The molecule has 0 saturated heterocycles. The van der Waals surface area contributed by atoms with Gasteiger partial charge >= 0.3 is 0 Å². The van der Waals surface area contributed by atoms with E-state index < -0.39 is 0 Å². The minimum Gasteiger partial charge on any atom is -0.396 e. The molecule has 0 radical (unpaired) electrons. The molecule has 0 saturated carbocycles. The van der Waals surface area contributed by atoms with Gasteiger partial charge in [-0.2, -0.15) is 0 Å². The molecule has 0 bridgehead atoms. The highest BCUT2D eigenvalue weighted by Crippen LogP contribution is 2.21. The standard InChI is InChI=1S/C30H50O/c1-24(2)13-9-15-26(5)17-11-18-28(7)21-22-30(23-31)29(8)20-12-19-27(6)16-10-14-25(3)4/h13-14,17,19,21,30-31H,8-12,15-16,18,20,22-23H2,1-7H3/b26-17+,27-19+,28-21+. The summed E-state index contributed by atoms with van der Waals surface area (Å²) in [4.78, 5) is 0. The van der Waals surface area contributed by atoms with Crippen LogP contribution in [0, 0.1) is 5.92 Å². The van der Waals surface area contributed by atoms with Gasteiger partial charge in [-0.1, -0.05) is 70.4 Å². The number of rotatable bonds is 16. The van der Waals surface area contributed by atoms with Crippen LogP contribution in [0.1, 0.15) is 106 Å². The van der Waals surface area contributed by atoms with E-state index in [0.717, 1.165) is 57.8 Å². The Kier molecular flexibility index (Phi) is 17.1. The van der Waals surface area contributed by atoms with Gasteiger partial charge in [-0.25, -0.2) is 0 Å². The summed E-state index contributed by atoms with van der Waals surface area (Å²) in [6, 6.07) is 0. The zero-order valence-corrected chi connectivity index (χ0v) is 21.7. The normalized spacial score (nSPS) is 13.7. The van der Waals surface area contributed by atoms with E-state index in [4.69, 9.17) is 0 Å². The highest BCUT2D eigenvalue weighted by molar-refractivity contribution is 5.10. The molecule has 0 aliphatic heterocycles. The zero-order chi connectivity index (χ0) is 23.6. The molecule has 31 heavy (non-hydrogen) atoms. The van der Waals surface area contributed by atoms with Gasteiger partial charge in [0.15, 0.2) is 0 Å². The predicted molar refractivity (Wildman–Crippen MR) is 141 cm³/mol. The molecule has 0 aliphatic rings. The van der Waals surface area contributed by atoms with E-state index in [0.29, 0.717) is 0 Å². The first-order chi connectivity index (χ1) is 14.6. The van der Waals surface area contributed by atoms with E-state index in [1.165, 1.54) is 33.4 Å². The molecule has 0 amide bonds. The van der Waals surface area contributed by atoms with Crippen LogP contribution >= 0.6 is 0 Å². The Balaban J connectivity index is 4.36. The maximum atomic E-state index is 9.83. The lowest BCUT2D eigenvalue weighted by molar-refractivity contribution is 0.245. The SMILES string of the molecule is C=C(CC/C=C(\C)CCC=C(C)C)C(CO)C/C=C(\C)CC/C=C(\C)CCC=C(C)C. The van der Waals surface area contributed by atoms with Gasteiger partial charge in [0.25, 0.3) is 0 Å². The minimum atomic E-state index is 0.177. The quantitative estimate of drug-likeness (QED) is 0.244. The smallest absolute Gasteiger partial charge is 0.0499 e. The lowest BCUT2D eigenvalue weighted by Crippen LogP contribution is -2.08. The van der Waals surface area contributed by atoms with Crippen LogP contribution in [-0.4, -0.2) is 11.7 Å². The maximum absolute atomic E-state index is 9.83. The van der Waals surface area contributed by atoms with Crippen molar-refractivity contribution >= 4 is 0 Å². The van der Waals surface area contributed by atoms with E-state index in [-0.39, 0.29) is 12.5 Å². The van der Waals surface area contributed by atoms with E-state index in [1.54, 1.807) is 0 Å². The van der Waals surface area contributed by atoms with Gasteiger partial charge in [0.1, 0.15) is 0 Å². The van der Waals surface area contributed by atoms with Crippen LogP contribution in [0.2, 0.25) is 0 Å². The van der Waals surface area contributed by atoms with Crippen molar-refractivity contribution in [2.24, 2.45) is 5.92 Å². The summed E-state index contributed by atoms with van der Waals surface area (Å²) in [5.41, 5.74) is 8.31. The molecule has 0 rings (SSSR count). The Morgan fingerprint density at radius 3 is 1.42 bits per heavy atom. The molecule has 176 valence electrons. The monoisotopic (exact) mass is 426 g/mol. The number of hydrogen-bond acceptors (Lipinski definition) is 1. The van der Waals surface area contributed by atoms with Gasteiger partial charge in [-0.15, -0.1) is 0 Å². The fourth-order valence-corrected chi connectivity index (χ4v) is 3.45. The van der Waals surface area contributed by atoms with Crippen molar-refractivity contribution in [3.05, 3.63) is 70.4 Å². The summed E-state index contributed by atoms with van der Waals surface area (Å²) >= 11 is 0. The van der Waals surface area contributed by atoms with E-state index in [2.05, 4.69) is 85.4 Å². The van der Waals surface area contributed by atoms with Crippen molar-refractivity contribution in [1.82, 2.24) is 0 Å². The lowest BCUT2D eigenvalue weighted by atomic mass is 9.92. The molecule has 0 aromatic rings. The molecule has 1 atom stereocenters. The van der Waals surface area contributed by atoms with Crippen molar-refractivity contribution in [2.75, 3.05) is 6.61 Å². The number of aliphatic hydroxyl groups excluding tert-OH is 1. The third-order valence-electron chi connectivity index (χ3n) is 5.72. The molecule has 0 aliphatic carbocycles. The van der Waals surface area contributed by atoms with Crippen LogP contribution in [-0.2, 0) is 0 Å². The summed E-state index contributed by atoms with van der Waals surface area (Å²) in [5, 5.41) is 9.83. The Bertz CT molecular complexity index is 659. The largest absolute Gasteiger partial charge is 0.396 e. The third-order valence-corrected chi connectivity index (χ3v) is 5.72. The van der Waals surface area contributed by atoms with Gasteiger partial charge in [-0.05, 0) is 106 Å². The second-order valence-corrected chi connectivity index (χ2v) is 9.64. The fraction of sp³-hybridized carbons (Fsp3) is 0.600. The van der Waals surface area contributed by atoms with Gasteiger partial charge in [0, 0.05) is 12.5 Å². The van der Waals surface area contributed by atoms with E-state index in [9.17, 15) is 5.11 Å². The van der Waals surface area contributed by atoms with Gasteiger partial charge in [0.2, 0.25) is 0 Å². The highest BCUT2D eigenvalue weighted by atomic mass is 16.3. The maximum Gasteiger partial charge on any atom is 0.0499 e. The second kappa shape index (κ2) is 18.0. The number of allylic oxidation sites excluding steroid dienone is 10. The predicted octanol–water partition coefficient (Wildman–Crippen LogP) is 9.43. The Labute approximate surface area is 194 Å². The molecule has 0 heterocycles. The lowest BCUT2D eigenvalue weighted by Gasteiger charge is -2.15. The summed E-state index contributed by atoms with van der Waals surface area (Å²) in [5.74, 6) is 0.177. The van der Waals surface area contributed by atoms with Gasteiger partial charge < -0.3 is 5.11 Å². The van der Waals surface area contributed by atoms with Crippen LogP contribution in [0.15, 0.2) is 70.4 Å². The zero-order valence-electron chi connectivity index (χ0n) is 21.7. The Hall–Kier alpha value is -1.60. The van der Waals surface area contributed by atoms with Crippen LogP contribution in [0.3, 0.4) is 0 Å². The molecular formula is C30H50O. The number of aliphatic hydroxyl groups is 1. The molecule has 1 heteroatoms. The van der Waals surface area contributed by atoms with Crippen molar-refractivity contribution in [3.8, 4) is 0 Å². The van der Waals surface area contributed by atoms with Crippen molar-refractivity contribution in [3.63, 3.8) is 0 Å². The second-order valence-electron chi connectivity index (χ2n) is 9.64. The summed E-state index contributed by atoms with van der Waals surface area (Å²) in [6.45, 7) is 19.7. The van der Waals surface area contributed by atoms with Crippen molar-refractivity contribution in [2.45, 2.75) is 106 Å². The van der Waals surface area contributed by atoms with Crippen molar-refractivity contribution in [1.29, 1.82) is 0 Å². The molecule has 0 aromatic heterocycles. The molecule has 0 aromatic carbocycles. The van der Waals surface area contributed by atoms with E-state index >= 15 is 0 Å². The third kappa shape index (κ3) is 17.7. The summed E-state index contributed by atoms with van der Waals surface area (Å²) in [6.07, 6.45) is 21.3. The van der Waals surface area contributed by atoms with Crippen LogP contribution in [0.4, 0.5) is 0 Å². The summed E-state index contributed by atoms with van der Waals surface area (Å²) < 4.78 is 0. The first kappa shape index (κ1) is 29.4. The van der Waals surface area contributed by atoms with Gasteiger partial charge in [0.05, 0.1) is 0 Å². The first-order valence-electron chi connectivity index (χ1n) is 12.2. The average Bonchev–Trinajstić information content (AvgIpc) is 2.67.